The van der Waals surface area contributed by atoms with Crippen molar-refractivity contribution in [1.29, 1.82) is 0 Å². The molecule has 5 nitrogen and oxygen atoms in total. The third-order valence-corrected chi connectivity index (χ3v) is 5.29. The van der Waals surface area contributed by atoms with Crippen LogP contribution in [-0.2, 0) is 11.8 Å². The van der Waals surface area contributed by atoms with E-state index in [1.807, 2.05) is 60.1 Å². The molecule has 2 aromatic carbocycles. The van der Waals surface area contributed by atoms with Crippen LogP contribution >= 0.6 is 39.3 Å². The summed E-state index contributed by atoms with van der Waals surface area (Å²) in [5.41, 5.74) is 1.56. The van der Waals surface area contributed by atoms with Gasteiger partial charge in [-0.25, -0.2) is 0 Å². The molecule has 0 aliphatic heterocycles. The van der Waals surface area contributed by atoms with E-state index in [9.17, 15) is 4.79 Å². The summed E-state index contributed by atoms with van der Waals surface area (Å²) in [6.45, 7) is 0. The van der Waals surface area contributed by atoms with Crippen molar-refractivity contribution in [3.8, 4) is 11.4 Å². The van der Waals surface area contributed by atoms with Crippen LogP contribution in [-0.4, -0.2) is 26.4 Å². The topological polar surface area (TPSA) is 59.8 Å². The number of thioether (sulfide) groups is 1. The predicted molar refractivity (Wildman–Crippen MR) is 105 cm³/mol. The first-order valence-corrected chi connectivity index (χ1v) is 9.53. The minimum atomic E-state index is -0.102. The lowest BCUT2D eigenvalue weighted by atomic mass is 10.2. The standard InChI is InChI=1S/C17H14BrClN4OS/c1-23-16(13-4-2-3-5-14(13)19)21-22-17(23)25-10-15(24)20-12-8-6-11(18)7-9-12/h2-9H,10H2,1H3,(H,20,24). The minimum absolute atomic E-state index is 0.102. The number of halogens is 2. The zero-order chi connectivity index (χ0) is 17.8. The van der Waals surface area contributed by atoms with Crippen molar-refractivity contribution in [2.75, 3.05) is 11.1 Å². The van der Waals surface area contributed by atoms with Crippen LogP contribution in [0.25, 0.3) is 11.4 Å². The van der Waals surface area contributed by atoms with Crippen molar-refractivity contribution in [2.45, 2.75) is 5.16 Å². The minimum Gasteiger partial charge on any atom is -0.325 e. The lowest BCUT2D eigenvalue weighted by Crippen LogP contribution is -2.14. The van der Waals surface area contributed by atoms with Gasteiger partial charge in [-0.2, -0.15) is 0 Å². The molecule has 128 valence electrons. The molecule has 0 aliphatic carbocycles. The molecule has 8 heteroatoms. The average molecular weight is 438 g/mol. The number of rotatable bonds is 5. The van der Waals surface area contributed by atoms with Gasteiger partial charge in [-0.1, -0.05) is 51.4 Å². The first-order chi connectivity index (χ1) is 12.0. The monoisotopic (exact) mass is 436 g/mol. The highest BCUT2D eigenvalue weighted by Gasteiger charge is 2.14. The molecule has 0 unspecified atom stereocenters. The maximum Gasteiger partial charge on any atom is 0.234 e. The maximum atomic E-state index is 12.1. The van der Waals surface area contributed by atoms with Gasteiger partial charge in [-0.15, -0.1) is 10.2 Å². The molecule has 0 radical (unpaired) electrons. The summed E-state index contributed by atoms with van der Waals surface area (Å²) in [5, 5.41) is 12.5. The van der Waals surface area contributed by atoms with Crippen molar-refractivity contribution in [2.24, 2.45) is 7.05 Å². The van der Waals surface area contributed by atoms with E-state index in [0.29, 0.717) is 16.0 Å². The highest BCUT2D eigenvalue weighted by atomic mass is 79.9. The van der Waals surface area contributed by atoms with Crippen LogP contribution in [0.2, 0.25) is 5.02 Å². The van der Waals surface area contributed by atoms with Gasteiger partial charge in [0.15, 0.2) is 11.0 Å². The van der Waals surface area contributed by atoms with Crippen molar-refractivity contribution in [1.82, 2.24) is 14.8 Å². The molecule has 0 aliphatic rings. The molecule has 1 N–H and O–H groups in total. The molecule has 1 aromatic heterocycles. The van der Waals surface area contributed by atoms with Crippen LogP contribution in [0.4, 0.5) is 5.69 Å². The van der Waals surface area contributed by atoms with Gasteiger partial charge in [0.1, 0.15) is 0 Å². The molecule has 0 saturated carbocycles. The molecule has 3 rings (SSSR count). The SMILES string of the molecule is Cn1c(SCC(=O)Nc2ccc(Br)cc2)nnc1-c1ccccc1Cl. The number of aromatic nitrogens is 3. The molecule has 0 saturated heterocycles. The summed E-state index contributed by atoms with van der Waals surface area (Å²) in [7, 11) is 1.85. The molecular formula is C17H14BrClN4OS. The zero-order valence-corrected chi connectivity index (χ0v) is 16.4. The van der Waals surface area contributed by atoms with Gasteiger partial charge in [0.05, 0.1) is 10.8 Å². The van der Waals surface area contributed by atoms with Crippen LogP contribution in [0.5, 0.6) is 0 Å². The number of amides is 1. The van der Waals surface area contributed by atoms with Gasteiger partial charge < -0.3 is 9.88 Å². The Labute approximate surface area is 162 Å². The fourth-order valence-electron chi connectivity index (χ4n) is 2.18. The summed E-state index contributed by atoms with van der Waals surface area (Å²) in [4.78, 5) is 12.1. The van der Waals surface area contributed by atoms with Gasteiger partial charge in [0.2, 0.25) is 5.91 Å². The number of carbonyl (C=O) groups excluding carboxylic acids is 1. The Bertz CT molecular complexity index is 898. The van der Waals surface area contributed by atoms with Crippen LogP contribution < -0.4 is 5.32 Å². The first-order valence-electron chi connectivity index (χ1n) is 7.37. The van der Waals surface area contributed by atoms with E-state index >= 15 is 0 Å². The number of anilines is 1. The molecule has 1 amide bonds. The molecule has 0 atom stereocenters. The van der Waals surface area contributed by atoms with E-state index in [-0.39, 0.29) is 11.7 Å². The van der Waals surface area contributed by atoms with Gasteiger partial charge >= 0.3 is 0 Å². The second kappa shape index (κ2) is 8.03. The Morgan fingerprint density at radius 2 is 1.92 bits per heavy atom. The molecule has 0 spiro atoms. The first kappa shape index (κ1) is 18.0. The molecule has 0 fully saturated rings. The predicted octanol–water partition coefficient (Wildman–Crippen LogP) is 4.63. The van der Waals surface area contributed by atoms with Crippen LogP contribution in [0.3, 0.4) is 0 Å². The quantitative estimate of drug-likeness (QED) is 0.591. The van der Waals surface area contributed by atoms with E-state index in [0.717, 1.165) is 15.7 Å². The summed E-state index contributed by atoms with van der Waals surface area (Å²) in [5.74, 6) is 0.806. The number of hydrogen-bond acceptors (Lipinski definition) is 4. The number of carbonyl (C=O) groups is 1. The number of hydrogen-bond donors (Lipinski definition) is 1. The fourth-order valence-corrected chi connectivity index (χ4v) is 3.37. The molecule has 0 bridgehead atoms. The van der Waals surface area contributed by atoms with Gasteiger partial charge in [0, 0.05) is 22.8 Å². The largest absolute Gasteiger partial charge is 0.325 e. The Morgan fingerprint density at radius 1 is 1.20 bits per heavy atom. The molecule has 3 aromatic rings. The van der Waals surface area contributed by atoms with E-state index in [1.165, 1.54) is 11.8 Å². The molecular weight excluding hydrogens is 424 g/mol. The fraction of sp³-hybridized carbons (Fsp3) is 0.118. The second-order valence-corrected chi connectivity index (χ2v) is 7.45. The second-order valence-electron chi connectivity index (χ2n) is 5.19. The van der Waals surface area contributed by atoms with Crippen LogP contribution in [0.15, 0.2) is 58.2 Å². The lowest BCUT2D eigenvalue weighted by Gasteiger charge is -2.06. The average Bonchev–Trinajstić information content (AvgIpc) is 2.96. The number of nitrogens with zero attached hydrogens (tertiary/aromatic N) is 3. The Kier molecular flexibility index (Phi) is 5.78. The highest BCUT2D eigenvalue weighted by Crippen LogP contribution is 2.28. The lowest BCUT2D eigenvalue weighted by molar-refractivity contribution is -0.113. The van der Waals surface area contributed by atoms with Crippen molar-refractivity contribution >= 4 is 50.9 Å². The van der Waals surface area contributed by atoms with Crippen LogP contribution in [0, 0.1) is 0 Å². The normalized spacial score (nSPS) is 10.7. The Morgan fingerprint density at radius 3 is 2.64 bits per heavy atom. The van der Waals surface area contributed by atoms with Crippen molar-refractivity contribution in [3.63, 3.8) is 0 Å². The van der Waals surface area contributed by atoms with Gasteiger partial charge in [-0.3, -0.25) is 4.79 Å². The summed E-state index contributed by atoms with van der Waals surface area (Å²) >= 11 is 10.9. The van der Waals surface area contributed by atoms with E-state index in [2.05, 4.69) is 31.4 Å². The van der Waals surface area contributed by atoms with E-state index < -0.39 is 0 Å². The smallest absolute Gasteiger partial charge is 0.234 e. The summed E-state index contributed by atoms with van der Waals surface area (Å²) in [6, 6.07) is 14.9. The zero-order valence-electron chi connectivity index (χ0n) is 13.2. The summed E-state index contributed by atoms with van der Waals surface area (Å²) in [6.07, 6.45) is 0. The number of nitrogens with one attached hydrogen (secondary N) is 1. The Balaban J connectivity index is 1.65. The maximum absolute atomic E-state index is 12.1. The summed E-state index contributed by atoms with van der Waals surface area (Å²) < 4.78 is 2.80. The molecule has 25 heavy (non-hydrogen) atoms. The molecule has 1 heterocycles. The van der Waals surface area contributed by atoms with Gasteiger partial charge in [0.25, 0.3) is 0 Å². The van der Waals surface area contributed by atoms with E-state index in [1.54, 1.807) is 0 Å². The number of benzene rings is 2. The van der Waals surface area contributed by atoms with E-state index in [4.69, 9.17) is 11.6 Å². The third-order valence-electron chi connectivity index (χ3n) is 3.41. The van der Waals surface area contributed by atoms with Crippen LogP contribution in [0.1, 0.15) is 0 Å². The highest BCUT2D eigenvalue weighted by molar-refractivity contribution is 9.10. The third kappa shape index (κ3) is 4.42. The van der Waals surface area contributed by atoms with Gasteiger partial charge in [-0.05, 0) is 36.4 Å². The Hall–Kier alpha value is -1.83. The van der Waals surface area contributed by atoms with Crippen molar-refractivity contribution < 1.29 is 4.79 Å². The van der Waals surface area contributed by atoms with Crippen molar-refractivity contribution in [3.05, 3.63) is 58.0 Å².